The first-order valence-corrected chi connectivity index (χ1v) is 6.67. The highest BCUT2D eigenvalue weighted by Crippen LogP contribution is 2.32. The Morgan fingerprint density at radius 1 is 1.55 bits per heavy atom. The summed E-state index contributed by atoms with van der Waals surface area (Å²) in [7, 11) is 1.38. The molecule has 1 atom stereocenters. The lowest BCUT2D eigenvalue weighted by atomic mass is 9.97. The van der Waals surface area contributed by atoms with Crippen LogP contribution in [-0.2, 0) is 9.53 Å². The van der Waals surface area contributed by atoms with Crippen LogP contribution in [0.2, 0.25) is 5.02 Å². The minimum absolute atomic E-state index is 0.0414. The standard InChI is InChI=1S/C13H15ClN2O4/c1-20-13(17)9-3-2-6-15(8-9)12-5-4-10(16(18)19)7-11(12)14/h4-5,7,9H,2-3,6,8H2,1H3. The molecule has 1 saturated heterocycles. The summed E-state index contributed by atoms with van der Waals surface area (Å²) < 4.78 is 4.77. The lowest BCUT2D eigenvalue weighted by molar-refractivity contribution is -0.384. The van der Waals surface area contributed by atoms with Gasteiger partial charge in [0, 0.05) is 25.2 Å². The number of non-ortho nitro benzene ring substituents is 1. The van der Waals surface area contributed by atoms with Crippen molar-refractivity contribution in [1.82, 2.24) is 0 Å². The fraction of sp³-hybridized carbons (Fsp3) is 0.462. The Labute approximate surface area is 121 Å². The number of hydrogen-bond donors (Lipinski definition) is 0. The molecule has 0 saturated carbocycles. The highest BCUT2D eigenvalue weighted by molar-refractivity contribution is 6.33. The number of nitro benzene ring substituents is 1. The minimum Gasteiger partial charge on any atom is -0.469 e. The average molecular weight is 299 g/mol. The predicted octanol–water partition coefficient (Wildman–Crippen LogP) is 2.64. The van der Waals surface area contributed by atoms with Gasteiger partial charge in [0.25, 0.3) is 5.69 Å². The number of benzene rings is 1. The molecule has 0 aliphatic carbocycles. The first-order chi connectivity index (χ1) is 9.52. The number of carbonyl (C=O) groups is 1. The lowest BCUT2D eigenvalue weighted by Gasteiger charge is -2.33. The van der Waals surface area contributed by atoms with Crippen molar-refractivity contribution in [3.05, 3.63) is 33.3 Å². The van der Waals surface area contributed by atoms with E-state index >= 15 is 0 Å². The molecule has 0 N–H and O–H groups in total. The van der Waals surface area contributed by atoms with Gasteiger partial charge in [-0.3, -0.25) is 14.9 Å². The van der Waals surface area contributed by atoms with Gasteiger partial charge in [0.1, 0.15) is 0 Å². The average Bonchev–Trinajstić information content (AvgIpc) is 2.46. The van der Waals surface area contributed by atoms with Crippen molar-refractivity contribution in [2.24, 2.45) is 5.92 Å². The van der Waals surface area contributed by atoms with E-state index < -0.39 is 4.92 Å². The molecule has 2 rings (SSSR count). The number of halogens is 1. The lowest BCUT2D eigenvalue weighted by Crippen LogP contribution is -2.39. The van der Waals surface area contributed by atoms with E-state index in [1.54, 1.807) is 6.07 Å². The maximum Gasteiger partial charge on any atom is 0.310 e. The van der Waals surface area contributed by atoms with Crippen LogP contribution in [0.4, 0.5) is 11.4 Å². The molecule has 0 spiro atoms. The van der Waals surface area contributed by atoms with E-state index in [4.69, 9.17) is 16.3 Å². The number of ether oxygens (including phenoxy) is 1. The Morgan fingerprint density at radius 2 is 2.30 bits per heavy atom. The van der Waals surface area contributed by atoms with Crippen LogP contribution in [0.3, 0.4) is 0 Å². The summed E-state index contributed by atoms with van der Waals surface area (Å²) in [5, 5.41) is 11.0. The third-order valence-corrected chi connectivity index (χ3v) is 3.74. The summed E-state index contributed by atoms with van der Waals surface area (Å²) in [4.78, 5) is 23.8. The van der Waals surface area contributed by atoms with Gasteiger partial charge in [-0.15, -0.1) is 0 Å². The van der Waals surface area contributed by atoms with Crippen LogP contribution in [0.1, 0.15) is 12.8 Å². The van der Waals surface area contributed by atoms with Gasteiger partial charge in [-0.05, 0) is 18.9 Å². The summed E-state index contributed by atoms with van der Waals surface area (Å²) in [6.45, 7) is 1.29. The molecule has 0 bridgehead atoms. The molecular weight excluding hydrogens is 284 g/mol. The van der Waals surface area contributed by atoms with Crippen LogP contribution in [0.25, 0.3) is 0 Å². The van der Waals surface area contributed by atoms with Crippen LogP contribution in [0, 0.1) is 16.0 Å². The molecule has 0 aromatic heterocycles. The molecule has 1 fully saturated rings. The number of anilines is 1. The third-order valence-electron chi connectivity index (χ3n) is 3.44. The molecule has 20 heavy (non-hydrogen) atoms. The molecule has 7 heteroatoms. The monoisotopic (exact) mass is 298 g/mol. The number of rotatable bonds is 3. The quantitative estimate of drug-likeness (QED) is 0.487. The van der Waals surface area contributed by atoms with Crippen molar-refractivity contribution in [3.63, 3.8) is 0 Å². The largest absolute Gasteiger partial charge is 0.469 e. The first kappa shape index (κ1) is 14.6. The number of hydrogen-bond acceptors (Lipinski definition) is 5. The van der Waals surface area contributed by atoms with Crippen molar-refractivity contribution in [1.29, 1.82) is 0 Å². The SMILES string of the molecule is COC(=O)C1CCCN(c2ccc([N+](=O)[O-])cc2Cl)C1. The third kappa shape index (κ3) is 3.01. The summed E-state index contributed by atoms with van der Waals surface area (Å²) in [6, 6.07) is 4.38. The zero-order valence-electron chi connectivity index (χ0n) is 11.0. The van der Waals surface area contributed by atoms with Gasteiger partial charge in [0.2, 0.25) is 0 Å². The second-order valence-electron chi connectivity index (χ2n) is 4.70. The Balaban J connectivity index is 2.19. The molecule has 0 radical (unpaired) electrons. The Kier molecular flexibility index (Phi) is 4.44. The van der Waals surface area contributed by atoms with Gasteiger partial charge in [-0.2, -0.15) is 0 Å². The number of methoxy groups -OCH3 is 1. The van der Waals surface area contributed by atoms with Gasteiger partial charge in [0.15, 0.2) is 0 Å². The number of piperidine rings is 1. The van der Waals surface area contributed by atoms with Crippen LogP contribution in [0.5, 0.6) is 0 Å². The highest BCUT2D eigenvalue weighted by atomic mass is 35.5. The van der Waals surface area contributed by atoms with E-state index in [0.29, 0.717) is 17.3 Å². The van der Waals surface area contributed by atoms with E-state index in [-0.39, 0.29) is 17.6 Å². The van der Waals surface area contributed by atoms with Gasteiger partial charge < -0.3 is 9.64 Å². The second-order valence-corrected chi connectivity index (χ2v) is 5.11. The van der Waals surface area contributed by atoms with Crippen molar-refractivity contribution in [2.75, 3.05) is 25.1 Å². The molecule has 6 nitrogen and oxygen atoms in total. The molecule has 1 aliphatic heterocycles. The van der Waals surface area contributed by atoms with E-state index in [2.05, 4.69) is 0 Å². The van der Waals surface area contributed by atoms with Crippen LogP contribution in [0.15, 0.2) is 18.2 Å². The van der Waals surface area contributed by atoms with Crippen LogP contribution < -0.4 is 4.90 Å². The van der Waals surface area contributed by atoms with Crippen LogP contribution in [-0.4, -0.2) is 31.1 Å². The maximum atomic E-state index is 11.6. The maximum absolute atomic E-state index is 11.6. The normalized spacial score (nSPS) is 18.7. The van der Waals surface area contributed by atoms with Gasteiger partial charge in [-0.25, -0.2) is 0 Å². The van der Waals surface area contributed by atoms with E-state index in [0.717, 1.165) is 19.4 Å². The van der Waals surface area contributed by atoms with Gasteiger partial charge in [0.05, 0.1) is 28.7 Å². The van der Waals surface area contributed by atoms with Crippen LogP contribution >= 0.6 is 11.6 Å². The second kappa shape index (κ2) is 6.09. The molecule has 1 aliphatic rings. The number of nitrogens with zero attached hydrogens (tertiary/aromatic N) is 2. The fourth-order valence-corrected chi connectivity index (χ4v) is 2.72. The topological polar surface area (TPSA) is 72.7 Å². The zero-order chi connectivity index (χ0) is 14.7. The highest BCUT2D eigenvalue weighted by Gasteiger charge is 2.27. The summed E-state index contributed by atoms with van der Waals surface area (Å²) in [5.41, 5.74) is 0.672. The predicted molar refractivity (Wildman–Crippen MR) is 75.1 cm³/mol. The van der Waals surface area contributed by atoms with E-state index in [1.165, 1.54) is 19.2 Å². The summed E-state index contributed by atoms with van der Waals surface area (Å²) in [6.07, 6.45) is 1.64. The number of esters is 1. The minimum atomic E-state index is -0.483. The first-order valence-electron chi connectivity index (χ1n) is 6.29. The summed E-state index contributed by atoms with van der Waals surface area (Å²) in [5.74, 6) is -0.409. The van der Waals surface area contributed by atoms with Crippen molar-refractivity contribution in [2.45, 2.75) is 12.8 Å². The van der Waals surface area contributed by atoms with Crippen molar-refractivity contribution in [3.8, 4) is 0 Å². The molecule has 1 aromatic carbocycles. The number of carbonyl (C=O) groups excluding carboxylic acids is 1. The molecule has 1 aromatic rings. The zero-order valence-corrected chi connectivity index (χ0v) is 11.8. The molecule has 0 amide bonds. The van der Waals surface area contributed by atoms with Crippen molar-refractivity contribution >= 4 is 28.9 Å². The Bertz CT molecular complexity index is 535. The fourth-order valence-electron chi connectivity index (χ4n) is 2.42. The molecule has 108 valence electrons. The summed E-state index contributed by atoms with van der Waals surface area (Å²) >= 11 is 6.11. The van der Waals surface area contributed by atoms with E-state index in [9.17, 15) is 14.9 Å². The van der Waals surface area contributed by atoms with Crippen molar-refractivity contribution < 1.29 is 14.5 Å². The van der Waals surface area contributed by atoms with Gasteiger partial charge >= 0.3 is 5.97 Å². The Hall–Kier alpha value is -1.82. The number of nitro groups is 1. The van der Waals surface area contributed by atoms with Gasteiger partial charge in [-0.1, -0.05) is 11.6 Å². The molecular formula is C13H15ClN2O4. The Morgan fingerprint density at radius 3 is 2.90 bits per heavy atom. The molecule has 1 heterocycles. The molecule has 1 unspecified atom stereocenters. The smallest absolute Gasteiger partial charge is 0.310 e. The van der Waals surface area contributed by atoms with E-state index in [1.807, 2.05) is 4.90 Å².